The number of hydrogen-bond acceptors (Lipinski definition) is 3. The third-order valence-electron chi connectivity index (χ3n) is 9.84. The molecule has 5 heteroatoms. The van der Waals surface area contributed by atoms with Gasteiger partial charge in [-0.15, -0.1) is 0 Å². The number of para-hydroxylation sites is 2. The van der Waals surface area contributed by atoms with Crippen molar-refractivity contribution in [2.75, 3.05) is 0 Å². The topological polar surface area (TPSA) is 48.5 Å². The summed E-state index contributed by atoms with van der Waals surface area (Å²) in [4.78, 5) is 14.8. The number of allylic oxidation sites excluding steroid dienone is 1. The fraction of sp³-hybridized carbons (Fsp3) is 0.0444. The fourth-order valence-electron chi connectivity index (χ4n) is 7.59. The molecule has 0 saturated carbocycles. The number of fused-ring (bicyclic) bond motifs is 7. The maximum atomic E-state index is 4.96. The first-order valence-electron chi connectivity index (χ1n) is 17.1. The van der Waals surface area contributed by atoms with Gasteiger partial charge in [-0.1, -0.05) is 115 Å². The van der Waals surface area contributed by atoms with Crippen LogP contribution in [0.1, 0.15) is 17.7 Å². The van der Waals surface area contributed by atoms with E-state index in [1.807, 2.05) is 60.7 Å². The van der Waals surface area contributed by atoms with Crippen LogP contribution in [0.4, 0.5) is 0 Å². The number of benzene rings is 6. The van der Waals surface area contributed by atoms with Gasteiger partial charge in [-0.05, 0) is 61.4 Å². The lowest BCUT2D eigenvalue weighted by molar-refractivity contribution is 0.888. The van der Waals surface area contributed by atoms with E-state index in [2.05, 4.69) is 112 Å². The van der Waals surface area contributed by atoms with Gasteiger partial charge in [0.15, 0.2) is 17.5 Å². The van der Waals surface area contributed by atoms with Crippen LogP contribution < -0.4 is 0 Å². The third kappa shape index (κ3) is 4.51. The molecule has 0 atom stereocenters. The zero-order valence-electron chi connectivity index (χ0n) is 27.2. The minimum Gasteiger partial charge on any atom is -0.313 e. The summed E-state index contributed by atoms with van der Waals surface area (Å²) >= 11 is 0. The van der Waals surface area contributed by atoms with Crippen molar-refractivity contribution in [3.8, 4) is 45.5 Å². The van der Waals surface area contributed by atoms with Crippen LogP contribution in [0.3, 0.4) is 0 Å². The summed E-state index contributed by atoms with van der Waals surface area (Å²) in [5, 5.41) is 3.82. The van der Waals surface area contributed by atoms with E-state index in [4.69, 9.17) is 15.0 Å². The van der Waals surface area contributed by atoms with Gasteiger partial charge in [0.25, 0.3) is 0 Å². The van der Waals surface area contributed by atoms with Crippen LogP contribution in [-0.2, 0) is 6.42 Å². The van der Waals surface area contributed by atoms with Crippen molar-refractivity contribution >= 4 is 38.8 Å². The number of nitrogens with zero attached hydrogens (tertiary/aromatic N) is 5. The third-order valence-corrected chi connectivity index (χ3v) is 9.84. The van der Waals surface area contributed by atoms with Crippen molar-refractivity contribution < 1.29 is 0 Å². The summed E-state index contributed by atoms with van der Waals surface area (Å²) in [5.74, 6) is 1.97. The maximum absolute atomic E-state index is 4.96. The highest BCUT2D eigenvalue weighted by Gasteiger charge is 2.24. The van der Waals surface area contributed by atoms with Crippen LogP contribution in [0.25, 0.3) is 84.3 Å². The molecule has 0 amide bonds. The Hall–Kier alpha value is -6.59. The monoisotopic (exact) mass is 641 g/mol. The van der Waals surface area contributed by atoms with Gasteiger partial charge in [0.2, 0.25) is 0 Å². The molecule has 0 saturated heterocycles. The van der Waals surface area contributed by atoms with Crippen LogP contribution in [-0.4, -0.2) is 24.1 Å². The largest absolute Gasteiger partial charge is 0.313 e. The fourth-order valence-corrected chi connectivity index (χ4v) is 7.59. The first kappa shape index (κ1) is 28.4. The Kier molecular flexibility index (Phi) is 6.56. The van der Waals surface area contributed by atoms with Crippen molar-refractivity contribution in [2.45, 2.75) is 12.8 Å². The second-order valence-corrected chi connectivity index (χ2v) is 12.8. The lowest BCUT2D eigenvalue weighted by Gasteiger charge is -2.14. The minimum absolute atomic E-state index is 0.653. The van der Waals surface area contributed by atoms with Gasteiger partial charge in [0.05, 0.1) is 16.6 Å². The summed E-state index contributed by atoms with van der Waals surface area (Å²) in [6, 6.07) is 53.0. The average Bonchev–Trinajstić information content (AvgIpc) is 3.72. The van der Waals surface area contributed by atoms with E-state index in [-0.39, 0.29) is 0 Å². The summed E-state index contributed by atoms with van der Waals surface area (Å²) in [6.45, 7) is 0. The van der Waals surface area contributed by atoms with Gasteiger partial charge < -0.3 is 9.13 Å². The second kappa shape index (κ2) is 11.5. The summed E-state index contributed by atoms with van der Waals surface area (Å²) < 4.78 is 4.90. The Balaban J connectivity index is 1.16. The molecule has 50 heavy (non-hydrogen) atoms. The Bertz CT molecular complexity index is 2660. The van der Waals surface area contributed by atoms with Crippen molar-refractivity contribution in [2.24, 2.45) is 0 Å². The second-order valence-electron chi connectivity index (χ2n) is 12.8. The lowest BCUT2D eigenvalue weighted by Crippen LogP contribution is -2.03. The van der Waals surface area contributed by atoms with Gasteiger partial charge in [-0.3, -0.25) is 0 Å². The summed E-state index contributed by atoms with van der Waals surface area (Å²) in [6.07, 6.45) is 6.64. The molecule has 0 unspecified atom stereocenters. The normalized spacial score (nSPS) is 12.6. The van der Waals surface area contributed by atoms with Crippen molar-refractivity contribution in [3.05, 3.63) is 169 Å². The highest BCUT2D eigenvalue weighted by Crippen LogP contribution is 2.42. The molecule has 0 fully saturated rings. The first-order chi connectivity index (χ1) is 24.8. The van der Waals surface area contributed by atoms with Crippen LogP contribution in [0.15, 0.2) is 158 Å². The molecule has 5 nitrogen and oxygen atoms in total. The van der Waals surface area contributed by atoms with Crippen LogP contribution >= 0.6 is 0 Å². The molecule has 236 valence electrons. The number of rotatable bonds is 5. The van der Waals surface area contributed by atoms with Crippen LogP contribution in [0.5, 0.6) is 0 Å². The highest BCUT2D eigenvalue weighted by atomic mass is 15.0. The molecule has 1 aliphatic rings. The summed E-state index contributed by atoms with van der Waals surface area (Å²) in [5.41, 5.74) is 11.5. The summed E-state index contributed by atoms with van der Waals surface area (Å²) in [7, 11) is 0. The molecule has 1 aliphatic carbocycles. The SMILES string of the molecule is C1=Cc2c(n(-c3ccc(-c4nc(-c5ccccc5)nc(-c5ccccc5)n4)cc3)c3ccc4c5ccccc5n(-c5ccccc5)c4c23)CC1. The van der Waals surface area contributed by atoms with Crippen molar-refractivity contribution in [3.63, 3.8) is 0 Å². The van der Waals surface area contributed by atoms with Crippen LogP contribution in [0.2, 0.25) is 0 Å². The van der Waals surface area contributed by atoms with E-state index < -0.39 is 0 Å². The van der Waals surface area contributed by atoms with E-state index in [1.54, 1.807) is 0 Å². The first-order valence-corrected chi connectivity index (χ1v) is 17.1. The molecule has 0 spiro atoms. The zero-order chi connectivity index (χ0) is 33.0. The van der Waals surface area contributed by atoms with E-state index in [9.17, 15) is 0 Å². The number of hydrogen-bond donors (Lipinski definition) is 0. The molecular formula is C45H31N5. The quantitative estimate of drug-likeness (QED) is 0.188. The molecule has 0 bridgehead atoms. The standard InChI is InChI=1S/C45H31N5/c1-4-14-30(15-5-1)43-46-44(31-16-6-2-7-17-31)48-45(47-43)32-24-26-34(27-25-32)49-39-23-13-11-21-37(39)41-40(49)29-28-36-35-20-10-12-22-38(35)50(42(36)41)33-18-8-3-9-19-33/h1-12,14-22,24-29H,13,23H2. The van der Waals surface area contributed by atoms with Gasteiger partial charge in [0.1, 0.15) is 0 Å². The number of aromatic nitrogens is 5. The molecule has 3 heterocycles. The zero-order valence-corrected chi connectivity index (χ0v) is 27.2. The molecule has 0 N–H and O–H groups in total. The van der Waals surface area contributed by atoms with Gasteiger partial charge in [0, 0.05) is 55.5 Å². The van der Waals surface area contributed by atoms with Crippen LogP contribution in [0, 0.1) is 0 Å². The Morgan fingerprint density at radius 2 is 1.00 bits per heavy atom. The maximum Gasteiger partial charge on any atom is 0.164 e. The molecule has 10 rings (SSSR count). The molecular weight excluding hydrogens is 611 g/mol. The smallest absolute Gasteiger partial charge is 0.164 e. The van der Waals surface area contributed by atoms with E-state index in [1.165, 1.54) is 49.7 Å². The van der Waals surface area contributed by atoms with E-state index in [0.29, 0.717) is 17.5 Å². The highest BCUT2D eigenvalue weighted by molar-refractivity contribution is 6.20. The van der Waals surface area contributed by atoms with Gasteiger partial charge in [-0.2, -0.15) is 0 Å². The van der Waals surface area contributed by atoms with E-state index in [0.717, 1.165) is 35.2 Å². The average molecular weight is 642 g/mol. The lowest BCUT2D eigenvalue weighted by atomic mass is 10.0. The van der Waals surface area contributed by atoms with E-state index >= 15 is 0 Å². The molecule has 3 aromatic heterocycles. The Labute approximate surface area is 289 Å². The van der Waals surface area contributed by atoms with Crippen molar-refractivity contribution in [1.29, 1.82) is 0 Å². The van der Waals surface area contributed by atoms with Crippen molar-refractivity contribution in [1.82, 2.24) is 24.1 Å². The molecule has 9 aromatic rings. The molecule has 0 radical (unpaired) electrons. The Morgan fingerprint density at radius 1 is 0.440 bits per heavy atom. The van der Waals surface area contributed by atoms with Gasteiger partial charge >= 0.3 is 0 Å². The predicted octanol–water partition coefficient (Wildman–Crippen LogP) is 10.9. The minimum atomic E-state index is 0.653. The Morgan fingerprint density at radius 3 is 1.66 bits per heavy atom. The van der Waals surface area contributed by atoms with Gasteiger partial charge in [-0.25, -0.2) is 15.0 Å². The molecule has 6 aromatic carbocycles. The predicted molar refractivity (Wildman–Crippen MR) is 205 cm³/mol. The molecule has 0 aliphatic heterocycles.